The molecule has 1 saturated heterocycles. The van der Waals surface area contributed by atoms with Gasteiger partial charge >= 0.3 is 0 Å². The number of nitriles is 1. The van der Waals surface area contributed by atoms with Gasteiger partial charge in [-0.2, -0.15) is 10.2 Å². The molecule has 1 aliphatic rings. The average Bonchev–Trinajstić information content (AvgIpc) is 3.32. The first-order valence-corrected chi connectivity index (χ1v) is 9.77. The van der Waals surface area contributed by atoms with Crippen LogP contribution in [-0.4, -0.2) is 41.2 Å². The molecule has 8 nitrogen and oxygen atoms in total. The lowest BCUT2D eigenvalue weighted by Crippen LogP contribution is -2.29. The number of aromatic nitrogens is 3. The molecule has 2 N–H and O–H groups in total. The van der Waals surface area contributed by atoms with Crippen LogP contribution < -0.4 is 20.1 Å². The highest BCUT2D eigenvalue weighted by Crippen LogP contribution is 2.31. The van der Waals surface area contributed by atoms with Crippen molar-refractivity contribution >= 4 is 5.69 Å². The SMILES string of the molecule is COc1cccc(Oc2nc(-c3cncc(C#N)c3)ncc2NC[C@@H]2CCCN2)c1. The van der Waals surface area contributed by atoms with E-state index >= 15 is 0 Å². The number of hydrogen-bond acceptors (Lipinski definition) is 8. The Morgan fingerprint density at radius 2 is 2.13 bits per heavy atom. The lowest BCUT2D eigenvalue weighted by atomic mass is 10.2. The van der Waals surface area contributed by atoms with E-state index < -0.39 is 0 Å². The van der Waals surface area contributed by atoms with E-state index in [1.54, 1.807) is 31.6 Å². The molecular weight excluding hydrogens is 380 g/mol. The molecule has 1 aliphatic heterocycles. The van der Waals surface area contributed by atoms with E-state index in [1.165, 1.54) is 12.6 Å². The van der Waals surface area contributed by atoms with Crippen LogP contribution in [0.4, 0.5) is 5.69 Å². The summed E-state index contributed by atoms with van der Waals surface area (Å²) in [6, 6.07) is 11.5. The first-order valence-electron chi connectivity index (χ1n) is 9.77. The Kier molecular flexibility index (Phi) is 6.01. The van der Waals surface area contributed by atoms with Gasteiger partial charge in [-0.15, -0.1) is 0 Å². The molecule has 8 heteroatoms. The van der Waals surface area contributed by atoms with Crippen molar-refractivity contribution in [2.24, 2.45) is 0 Å². The van der Waals surface area contributed by atoms with Gasteiger partial charge in [0.2, 0.25) is 5.88 Å². The summed E-state index contributed by atoms with van der Waals surface area (Å²) in [5, 5.41) is 16.0. The predicted molar refractivity (Wildman–Crippen MR) is 113 cm³/mol. The third kappa shape index (κ3) is 4.64. The Bertz CT molecular complexity index is 1060. The highest BCUT2D eigenvalue weighted by molar-refractivity contribution is 5.61. The number of pyridine rings is 1. The number of nitrogens with one attached hydrogen (secondary N) is 2. The molecule has 1 aromatic carbocycles. The van der Waals surface area contributed by atoms with E-state index in [9.17, 15) is 0 Å². The maximum absolute atomic E-state index is 9.14. The minimum atomic E-state index is 0.397. The van der Waals surface area contributed by atoms with Gasteiger partial charge in [-0.25, -0.2) is 4.98 Å². The molecule has 152 valence electrons. The van der Waals surface area contributed by atoms with Crippen molar-refractivity contribution in [2.75, 3.05) is 25.5 Å². The van der Waals surface area contributed by atoms with Crippen LogP contribution in [0.2, 0.25) is 0 Å². The Morgan fingerprint density at radius 1 is 1.23 bits per heavy atom. The molecule has 2 aromatic heterocycles. The molecular formula is C22H22N6O2. The van der Waals surface area contributed by atoms with E-state index in [-0.39, 0.29) is 0 Å². The summed E-state index contributed by atoms with van der Waals surface area (Å²) in [7, 11) is 1.61. The summed E-state index contributed by atoms with van der Waals surface area (Å²) < 4.78 is 11.4. The van der Waals surface area contributed by atoms with Crippen molar-refractivity contribution in [3.05, 3.63) is 54.5 Å². The highest BCUT2D eigenvalue weighted by Gasteiger charge is 2.17. The normalized spacial score (nSPS) is 15.4. The van der Waals surface area contributed by atoms with Crippen LogP contribution in [0.3, 0.4) is 0 Å². The molecule has 0 spiro atoms. The third-order valence-electron chi connectivity index (χ3n) is 4.84. The van der Waals surface area contributed by atoms with E-state index in [1.807, 2.05) is 18.2 Å². The van der Waals surface area contributed by atoms with E-state index in [2.05, 4.69) is 31.7 Å². The van der Waals surface area contributed by atoms with Crippen molar-refractivity contribution in [3.8, 4) is 34.8 Å². The number of rotatable bonds is 7. The standard InChI is InChI=1S/C22H22N6O2/c1-29-18-5-2-6-19(9-18)30-22-20(26-13-17-4-3-7-25-17)14-27-21(28-22)16-8-15(10-23)11-24-12-16/h2,5-6,8-9,11-12,14,17,25-26H,3-4,7,13H2,1H3/t17-/m0/s1. The summed E-state index contributed by atoms with van der Waals surface area (Å²) in [6.07, 6.45) is 7.14. The fourth-order valence-corrected chi connectivity index (χ4v) is 3.27. The molecule has 0 bridgehead atoms. The number of nitrogens with zero attached hydrogens (tertiary/aromatic N) is 4. The molecule has 0 radical (unpaired) electrons. The van der Waals surface area contributed by atoms with Crippen molar-refractivity contribution in [1.82, 2.24) is 20.3 Å². The van der Waals surface area contributed by atoms with Gasteiger partial charge in [0.25, 0.3) is 0 Å². The van der Waals surface area contributed by atoms with Gasteiger partial charge in [-0.3, -0.25) is 4.98 Å². The Balaban J connectivity index is 1.65. The lowest BCUT2D eigenvalue weighted by molar-refractivity contribution is 0.407. The van der Waals surface area contributed by atoms with E-state index in [0.29, 0.717) is 46.1 Å². The molecule has 4 rings (SSSR count). The second kappa shape index (κ2) is 9.20. The quantitative estimate of drug-likeness (QED) is 0.620. The van der Waals surface area contributed by atoms with Crippen LogP contribution in [0.15, 0.2) is 48.9 Å². The smallest absolute Gasteiger partial charge is 0.246 e. The number of ether oxygens (including phenoxy) is 2. The third-order valence-corrected chi connectivity index (χ3v) is 4.84. The Morgan fingerprint density at radius 3 is 2.93 bits per heavy atom. The molecule has 0 aliphatic carbocycles. The molecule has 0 saturated carbocycles. The summed E-state index contributed by atoms with van der Waals surface area (Å²) in [4.78, 5) is 13.2. The zero-order chi connectivity index (χ0) is 20.8. The fourth-order valence-electron chi connectivity index (χ4n) is 3.27. The van der Waals surface area contributed by atoms with Crippen molar-refractivity contribution < 1.29 is 9.47 Å². The van der Waals surface area contributed by atoms with Gasteiger partial charge in [-0.05, 0) is 37.6 Å². The second-order valence-electron chi connectivity index (χ2n) is 6.94. The maximum atomic E-state index is 9.14. The molecule has 0 unspecified atom stereocenters. The van der Waals surface area contributed by atoms with Crippen molar-refractivity contribution in [2.45, 2.75) is 18.9 Å². The lowest BCUT2D eigenvalue weighted by Gasteiger charge is -2.16. The Hall–Kier alpha value is -3.70. The molecule has 0 amide bonds. The molecule has 1 fully saturated rings. The first kappa shape index (κ1) is 19.6. The summed E-state index contributed by atoms with van der Waals surface area (Å²) in [5.74, 6) is 2.12. The monoisotopic (exact) mass is 402 g/mol. The number of hydrogen-bond donors (Lipinski definition) is 2. The predicted octanol–water partition coefficient (Wildman–Crippen LogP) is 3.38. The topological polar surface area (TPSA) is 105 Å². The largest absolute Gasteiger partial charge is 0.497 e. The van der Waals surface area contributed by atoms with Gasteiger partial charge in [0.05, 0.1) is 18.9 Å². The van der Waals surface area contributed by atoms with E-state index in [0.717, 1.165) is 19.5 Å². The van der Waals surface area contributed by atoms with Crippen molar-refractivity contribution in [3.63, 3.8) is 0 Å². The van der Waals surface area contributed by atoms with Gasteiger partial charge in [-0.1, -0.05) is 6.07 Å². The zero-order valence-corrected chi connectivity index (χ0v) is 16.6. The first-order chi connectivity index (χ1) is 14.7. The number of benzene rings is 1. The van der Waals surface area contributed by atoms with Gasteiger partial charge in [0.1, 0.15) is 23.3 Å². The fraction of sp³-hybridized carbons (Fsp3) is 0.273. The summed E-state index contributed by atoms with van der Waals surface area (Å²) >= 11 is 0. The van der Waals surface area contributed by atoms with Crippen molar-refractivity contribution in [1.29, 1.82) is 5.26 Å². The molecule has 3 heterocycles. The van der Waals surface area contributed by atoms with Crippen LogP contribution in [0.1, 0.15) is 18.4 Å². The second-order valence-corrected chi connectivity index (χ2v) is 6.94. The molecule has 1 atom stereocenters. The highest BCUT2D eigenvalue weighted by atomic mass is 16.5. The minimum absolute atomic E-state index is 0.397. The van der Waals surface area contributed by atoms with Crippen LogP contribution in [0, 0.1) is 11.3 Å². The van der Waals surface area contributed by atoms with Crippen LogP contribution in [0.25, 0.3) is 11.4 Å². The zero-order valence-electron chi connectivity index (χ0n) is 16.6. The molecule has 30 heavy (non-hydrogen) atoms. The minimum Gasteiger partial charge on any atom is -0.497 e. The van der Waals surface area contributed by atoms with Gasteiger partial charge in [0.15, 0.2) is 5.82 Å². The van der Waals surface area contributed by atoms with E-state index in [4.69, 9.17) is 14.7 Å². The number of anilines is 1. The van der Waals surface area contributed by atoms with Crippen LogP contribution >= 0.6 is 0 Å². The number of methoxy groups -OCH3 is 1. The van der Waals surface area contributed by atoms with Crippen LogP contribution in [0.5, 0.6) is 17.4 Å². The molecule has 3 aromatic rings. The summed E-state index contributed by atoms with van der Waals surface area (Å²) in [5.41, 5.74) is 1.79. The summed E-state index contributed by atoms with van der Waals surface area (Å²) in [6.45, 7) is 1.79. The maximum Gasteiger partial charge on any atom is 0.246 e. The van der Waals surface area contributed by atoms with Crippen LogP contribution in [-0.2, 0) is 0 Å². The average molecular weight is 402 g/mol. The van der Waals surface area contributed by atoms with Gasteiger partial charge in [0, 0.05) is 36.6 Å². The van der Waals surface area contributed by atoms with Gasteiger partial charge < -0.3 is 20.1 Å². The Labute approximate surface area is 174 Å².